The highest BCUT2D eigenvalue weighted by atomic mass is 32.2. The first-order chi connectivity index (χ1) is 18.9. The first-order valence-electron chi connectivity index (χ1n) is 12.4. The normalized spacial score (nSPS) is 14.5. The highest BCUT2D eigenvalue weighted by molar-refractivity contribution is 7.98. The maximum atomic E-state index is 14.5. The van der Waals surface area contributed by atoms with Crippen molar-refractivity contribution in [3.05, 3.63) is 125 Å². The van der Waals surface area contributed by atoms with Gasteiger partial charge in [-0.15, -0.1) is 11.8 Å². The number of aromatic nitrogens is 3. The number of aryl methyl sites for hydroxylation is 1. The molecular formula is C30H25F2N5OS. The van der Waals surface area contributed by atoms with Crippen LogP contribution in [0.5, 0.6) is 0 Å². The summed E-state index contributed by atoms with van der Waals surface area (Å²) in [6.07, 6.45) is 3.97. The molecule has 2 aromatic heterocycles. The minimum absolute atomic E-state index is 0.202. The van der Waals surface area contributed by atoms with Gasteiger partial charge >= 0.3 is 6.03 Å². The molecule has 39 heavy (non-hydrogen) atoms. The average molecular weight is 542 g/mol. The summed E-state index contributed by atoms with van der Waals surface area (Å²) in [6.45, 7) is 2.12. The van der Waals surface area contributed by atoms with Crippen LogP contribution in [0.3, 0.4) is 0 Å². The fourth-order valence-electron chi connectivity index (χ4n) is 5.07. The molecule has 2 amide bonds. The predicted octanol–water partition coefficient (Wildman–Crippen LogP) is 7.11. The molecule has 0 spiro atoms. The molecule has 3 heterocycles. The lowest BCUT2D eigenvalue weighted by Crippen LogP contribution is -2.38. The van der Waals surface area contributed by atoms with E-state index in [9.17, 15) is 13.6 Å². The van der Waals surface area contributed by atoms with Crippen LogP contribution in [0.25, 0.3) is 11.5 Å². The summed E-state index contributed by atoms with van der Waals surface area (Å²) >= 11 is 1.63. The Labute approximate surface area is 228 Å². The summed E-state index contributed by atoms with van der Waals surface area (Å²) in [4.78, 5) is 16.7. The van der Waals surface area contributed by atoms with E-state index in [0.717, 1.165) is 57.1 Å². The number of nitrogens with zero attached hydrogens (tertiary/aromatic N) is 4. The molecule has 0 aliphatic carbocycles. The van der Waals surface area contributed by atoms with Crippen LogP contribution in [0.4, 0.5) is 19.3 Å². The van der Waals surface area contributed by atoms with Gasteiger partial charge in [0, 0.05) is 22.7 Å². The zero-order valence-electron chi connectivity index (χ0n) is 21.3. The lowest BCUT2D eigenvalue weighted by molar-refractivity contribution is 0.194. The number of nitrogens with one attached hydrogen (secondary N) is 1. The van der Waals surface area contributed by atoms with Crippen molar-refractivity contribution in [2.75, 3.05) is 11.6 Å². The fraction of sp³-hybridized carbons (Fsp3) is 0.133. The third-order valence-corrected chi connectivity index (χ3v) is 7.69. The minimum atomic E-state index is -0.711. The summed E-state index contributed by atoms with van der Waals surface area (Å²) < 4.78 is 32.4. The van der Waals surface area contributed by atoms with Gasteiger partial charge in [-0.2, -0.15) is 5.10 Å². The van der Waals surface area contributed by atoms with Crippen LogP contribution in [-0.4, -0.2) is 31.5 Å². The van der Waals surface area contributed by atoms with Crippen molar-refractivity contribution in [2.45, 2.75) is 24.4 Å². The maximum absolute atomic E-state index is 14.5. The zero-order valence-corrected chi connectivity index (χ0v) is 22.1. The zero-order chi connectivity index (χ0) is 27.1. The number of carbonyl (C=O) groups is 1. The molecule has 0 saturated carbocycles. The van der Waals surface area contributed by atoms with E-state index in [1.807, 2.05) is 90.8 Å². The quantitative estimate of drug-likeness (QED) is 0.247. The monoisotopic (exact) mass is 541 g/mol. The number of fused-ring (bicyclic) bond motifs is 3. The number of halogens is 2. The van der Waals surface area contributed by atoms with Crippen molar-refractivity contribution in [1.29, 1.82) is 0 Å². The molecule has 196 valence electrons. The van der Waals surface area contributed by atoms with Crippen LogP contribution in [0.2, 0.25) is 0 Å². The van der Waals surface area contributed by atoms with Crippen molar-refractivity contribution in [3.8, 4) is 11.5 Å². The number of rotatable bonds is 4. The van der Waals surface area contributed by atoms with Crippen molar-refractivity contribution in [1.82, 2.24) is 19.2 Å². The Balaban J connectivity index is 1.53. The molecule has 5 aromatic rings. The van der Waals surface area contributed by atoms with Crippen LogP contribution in [0, 0.1) is 18.6 Å². The van der Waals surface area contributed by atoms with Gasteiger partial charge in [-0.25, -0.2) is 18.3 Å². The van der Waals surface area contributed by atoms with Gasteiger partial charge in [0.1, 0.15) is 17.5 Å². The second kappa shape index (κ2) is 10.1. The predicted molar refractivity (Wildman–Crippen MR) is 149 cm³/mol. The number of para-hydroxylation sites is 1. The van der Waals surface area contributed by atoms with Crippen LogP contribution >= 0.6 is 11.8 Å². The number of urea groups is 1. The van der Waals surface area contributed by atoms with Gasteiger partial charge < -0.3 is 14.8 Å². The van der Waals surface area contributed by atoms with Crippen molar-refractivity contribution in [3.63, 3.8) is 0 Å². The molecule has 6 nitrogen and oxygen atoms in total. The van der Waals surface area contributed by atoms with E-state index in [-0.39, 0.29) is 12.2 Å². The minimum Gasteiger partial charge on any atom is -0.307 e. The molecule has 1 aliphatic rings. The molecule has 0 radical (unpaired) electrons. The molecular weight excluding hydrogens is 516 g/mol. The van der Waals surface area contributed by atoms with E-state index in [1.54, 1.807) is 16.7 Å². The molecule has 1 aliphatic heterocycles. The van der Waals surface area contributed by atoms with E-state index in [1.165, 1.54) is 0 Å². The van der Waals surface area contributed by atoms with Crippen LogP contribution in [0.1, 0.15) is 28.6 Å². The summed E-state index contributed by atoms with van der Waals surface area (Å²) in [7, 11) is 0. The number of amides is 2. The molecule has 1 atom stereocenters. The summed E-state index contributed by atoms with van der Waals surface area (Å²) in [5, 5.41) is 7.45. The third-order valence-electron chi connectivity index (χ3n) is 6.95. The van der Waals surface area contributed by atoms with E-state index < -0.39 is 23.7 Å². The number of hydrogen-bond donors (Lipinski definition) is 1. The van der Waals surface area contributed by atoms with Crippen LogP contribution in [0.15, 0.2) is 96.0 Å². The number of thioether (sulfide) groups is 1. The number of anilines is 1. The van der Waals surface area contributed by atoms with Gasteiger partial charge in [0.05, 0.1) is 35.3 Å². The maximum Gasteiger partial charge on any atom is 0.323 e. The topological polar surface area (TPSA) is 55.1 Å². The highest BCUT2D eigenvalue weighted by Gasteiger charge is 2.36. The third kappa shape index (κ3) is 4.48. The molecule has 0 bridgehead atoms. The summed E-state index contributed by atoms with van der Waals surface area (Å²) in [5.74, 6) is -0.517. The largest absolute Gasteiger partial charge is 0.323 e. The first-order valence-corrected chi connectivity index (χ1v) is 13.6. The van der Waals surface area contributed by atoms with Gasteiger partial charge in [0.2, 0.25) is 0 Å². The molecule has 3 aromatic carbocycles. The second-order valence-electron chi connectivity index (χ2n) is 9.30. The van der Waals surface area contributed by atoms with Crippen molar-refractivity contribution in [2.24, 2.45) is 0 Å². The van der Waals surface area contributed by atoms with Gasteiger partial charge in [-0.1, -0.05) is 30.3 Å². The number of carbonyl (C=O) groups excluding carboxylic acids is 1. The smallest absolute Gasteiger partial charge is 0.307 e. The Morgan fingerprint density at radius 2 is 1.77 bits per heavy atom. The fourth-order valence-corrected chi connectivity index (χ4v) is 5.47. The van der Waals surface area contributed by atoms with Gasteiger partial charge in [-0.3, -0.25) is 0 Å². The Kier molecular flexibility index (Phi) is 6.44. The van der Waals surface area contributed by atoms with Crippen LogP contribution < -0.4 is 5.32 Å². The van der Waals surface area contributed by atoms with E-state index in [4.69, 9.17) is 5.10 Å². The SMILES string of the molecule is CSc1ccc(C2c3cccn3-c3c(c(C)nn3-c3ccccc3)CN2C(=O)Nc2cc(F)ccc2F)cc1. The number of hydrogen-bond acceptors (Lipinski definition) is 3. The van der Waals surface area contributed by atoms with Crippen LogP contribution in [-0.2, 0) is 6.54 Å². The Morgan fingerprint density at radius 1 is 1.00 bits per heavy atom. The molecule has 0 fully saturated rings. The second-order valence-corrected chi connectivity index (χ2v) is 10.2. The van der Waals surface area contributed by atoms with E-state index in [2.05, 4.69) is 9.88 Å². The first kappa shape index (κ1) is 24.9. The highest BCUT2D eigenvalue weighted by Crippen LogP contribution is 2.39. The van der Waals surface area contributed by atoms with E-state index in [0.29, 0.717) is 0 Å². The Bertz CT molecular complexity index is 1660. The molecule has 6 rings (SSSR count). The van der Waals surface area contributed by atoms with Crippen molar-refractivity contribution >= 4 is 23.5 Å². The van der Waals surface area contributed by atoms with Gasteiger partial charge in [0.25, 0.3) is 0 Å². The lowest BCUT2D eigenvalue weighted by Gasteiger charge is -2.31. The van der Waals surface area contributed by atoms with Gasteiger partial charge in [0.15, 0.2) is 0 Å². The molecule has 0 saturated heterocycles. The Hall–Kier alpha value is -4.37. The van der Waals surface area contributed by atoms with E-state index >= 15 is 0 Å². The summed E-state index contributed by atoms with van der Waals surface area (Å²) in [6, 6.07) is 23.7. The van der Waals surface area contributed by atoms with Crippen molar-refractivity contribution < 1.29 is 13.6 Å². The standard InChI is InChI=1S/C30H25F2N5OS/c1-19-24-18-36(30(38)33-26-17-21(31)12-15-25(26)32)28(20-10-13-23(39-2)14-11-20)27-9-6-16-35(27)29(24)37(34-19)22-7-4-3-5-8-22/h3-17,28H,18H2,1-2H3,(H,33,38). The average Bonchev–Trinajstić information content (AvgIpc) is 3.51. The van der Waals surface area contributed by atoms with Gasteiger partial charge in [-0.05, 0) is 67.3 Å². The molecule has 9 heteroatoms. The molecule has 1 N–H and O–H groups in total. The summed E-state index contributed by atoms with van der Waals surface area (Å²) in [5.41, 5.74) is 4.04. The molecule has 1 unspecified atom stereocenters. The lowest BCUT2D eigenvalue weighted by atomic mass is 10.0. The Morgan fingerprint density at radius 3 is 2.51 bits per heavy atom. The number of benzene rings is 3.